The maximum Gasteiger partial charge on any atom is 0.0663 e. The molecule has 0 radical (unpaired) electrons. The zero-order chi connectivity index (χ0) is 10.1. The summed E-state index contributed by atoms with van der Waals surface area (Å²) in [5.41, 5.74) is 0. The molecule has 0 fully saturated rings. The molecule has 80 valence electrons. The molecule has 0 aromatic heterocycles. The van der Waals surface area contributed by atoms with E-state index >= 15 is 0 Å². The van der Waals surface area contributed by atoms with Gasteiger partial charge in [-0.25, -0.2) is 0 Å². The van der Waals surface area contributed by atoms with Gasteiger partial charge in [-0.3, -0.25) is 0 Å². The van der Waals surface area contributed by atoms with Crippen molar-refractivity contribution in [3.63, 3.8) is 0 Å². The Bertz CT molecular complexity index is 89.1. The van der Waals surface area contributed by atoms with E-state index in [0.717, 1.165) is 12.7 Å². The molecule has 0 rings (SSSR count). The topological polar surface area (TPSA) is 9.23 Å². The van der Waals surface area contributed by atoms with Crippen LogP contribution in [0.1, 0.15) is 27.7 Å². The molecule has 0 heterocycles. The molecular weight excluding hydrogens is 198 g/mol. The van der Waals surface area contributed by atoms with Crippen LogP contribution in [0, 0.1) is 0 Å². The van der Waals surface area contributed by atoms with Crippen LogP contribution in [0.4, 0.5) is 0 Å². The van der Waals surface area contributed by atoms with E-state index in [2.05, 4.69) is 27.7 Å². The van der Waals surface area contributed by atoms with E-state index in [4.69, 9.17) is 4.74 Å². The minimum absolute atomic E-state index is 0.191. The predicted octanol–water partition coefficient (Wildman–Crippen LogP) is 3.96. The Hall–Kier alpha value is 0.820. The molecule has 0 bridgehead atoms. The molecule has 0 saturated heterocycles. The van der Waals surface area contributed by atoms with Crippen molar-refractivity contribution in [3.05, 3.63) is 0 Å². The van der Waals surface area contributed by atoms with Crippen molar-refractivity contribution in [3.8, 4) is 0 Å². The van der Waals surface area contributed by atoms with Crippen LogP contribution in [-0.4, -0.2) is 37.3 Å². The van der Waals surface area contributed by atoms with E-state index in [1.807, 2.05) is 0 Å². The summed E-state index contributed by atoms with van der Waals surface area (Å²) in [6, 6.07) is 0. The third-order valence-corrected chi connectivity index (χ3v) is 7.01. The van der Waals surface area contributed by atoms with Crippen molar-refractivity contribution in [2.24, 2.45) is 0 Å². The molecule has 13 heavy (non-hydrogen) atoms. The molecule has 0 aliphatic carbocycles. The maximum atomic E-state index is 5.78. The summed E-state index contributed by atoms with van der Waals surface area (Å²) in [6.07, 6.45) is 7.37. The first kappa shape index (κ1) is 13.8. The molecule has 3 heteroatoms. The molecule has 0 atom stereocenters. The minimum Gasteiger partial charge on any atom is -0.373 e. The molecule has 0 saturated carbocycles. The molecule has 0 N–H and O–H groups in total. The highest BCUT2D eigenvalue weighted by molar-refractivity contribution is 7.58. The quantitative estimate of drug-likeness (QED) is 0.565. The third kappa shape index (κ3) is 6.83. The Kier molecular flexibility index (Phi) is 9.97. The summed E-state index contributed by atoms with van der Waals surface area (Å²) in [7, 11) is 0.382. The monoisotopic (exact) mass is 222 g/mol. The summed E-state index contributed by atoms with van der Waals surface area (Å²) >= 11 is 0. The fourth-order valence-electron chi connectivity index (χ4n) is 1.11. The largest absolute Gasteiger partial charge is 0.373 e. The van der Waals surface area contributed by atoms with E-state index < -0.39 is 0 Å². The van der Waals surface area contributed by atoms with E-state index in [-0.39, 0.29) is 15.8 Å². The fourth-order valence-corrected chi connectivity index (χ4v) is 3.58. The van der Waals surface area contributed by atoms with Crippen LogP contribution in [0.15, 0.2) is 0 Å². The highest BCUT2D eigenvalue weighted by Gasteiger charge is 2.05. The lowest BCUT2D eigenvalue weighted by atomic mass is 11.0. The van der Waals surface area contributed by atoms with Gasteiger partial charge in [-0.05, 0) is 24.6 Å². The highest BCUT2D eigenvalue weighted by Crippen LogP contribution is 2.38. The number of hydrogen-bond donors (Lipinski definition) is 0. The zero-order valence-electron chi connectivity index (χ0n) is 9.55. The van der Waals surface area contributed by atoms with Crippen molar-refractivity contribution >= 4 is 15.8 Å². The van der Waals surface area contributed by atoms with Crippen molar-refractivity contribution in [2.45, 2.75) is 27.7 Å². The number of hydrogen-bond acceptors (Lipinski definition) is 1. The van der Waals surface area contributed by atoms with Gasteiger partial charge in [-0.2, -0.15) is 0 Å². The summed E-state index contributed by atoms with van der Waals surface area (Å²) < 4.78 is 5.78. The molecule has 0 aliphatic rings. The molecule has 0 unspecified atom stereocenters. The normalized spacial score (nSPS) is 11.5. The Morgan fingerprint density at radius 3 is 1.23 bits per heavy atom. The second kappa shape index (κ2) is 9.38. The summed E-state index contributed by atoms with van der Waals surface area (Å²) in [5, 5.41) is 0. The van der Waals surface area contributed by atoms with E-state index in [0.29, 0.717) is 0 Å². The van der Waals surface area contributed by atoms with Gasteiger partial charge in [0.05, 0.1) is 12.7 Å². The van der Waals surface area contributed by atoms with E-state index in [9.17, 15) is 0 Å². The van der Waals surface area contributed by atoms with Crippen LogP contribution >= 0.6 is 15.8 Å². The minimum atomic E-state index is 0.191. The van der Waals surface area contributed by atoms with Gasteiger partial charge in [0.15, 0.2) is 0 Å². The maximum absolute atomic E-state index is 5.78. The molecular formula is C10H24OP2. The molecule has 0 aromatic carbocycles. The first-order valence-electron chi connectivity index (χ1n) is 5.30. The van der Waals surface area contributed by atoms with Gasteiger partial charge in [-0.1, -0.05) is 43.5 Å². The Morgan fingerprint density at radius 2 is 1.00 bits per heavy atom. The molecule has 0 spiro atoms. The van der Waals surface area contributed by atoms with Crippen LogP contribution in [0.2, 0.25) is 0 Å². The Labute approximate surface area is 86.1 Å². The van der Waals surface area contributed by atoms with Crippen LogP contribution in [-0.2, 0) is 4.74 Å². The summed E-state index contributed by atoms with van der Waals surface area (Å²) in [6.45, 7) is 9.12. The third-order valence-electron chi connectivity index (χ3n) is 2.34. The molecule has 0 aromatic rings. The lowest BCUT2D eigenvalue weighted by molar-refractivity contribution is 0.233. The van der Waals surface area contributed by atoms with E-state index in [1.165, 1.54) is 24.6 Å². The smallest absolute Gasteiger partial charge is 0.0663 e. The standard InChI is InChI=1S/C10H24OP2/c1-5-12(6-2)9-11-10-13(7-3)8-4/h5-10H2,1-4H3. The van der Waals surface area contributed by atoms with Gasteiger partial charge in [0.25, 0.3) is 0 Å². The lowest BCUT2D eigenvalue weighted by Gasteiger charge is -2.17. The van der Waals surface area contributed by atoms with Crippen LogP contribution in [0.5, 0.6) is 0 Å². The predicted molar refractivity (Wildman–Crippen MR) is 66.8 cm³/mol. The van der Waals surface area contributed by atoms with Crippen molar-refractivity contribution in [1.29, 1.82) is 0 Å². The van der Waals surface area contributed by atoms with Gasteiger partial charge in [0.1, 0.15) is 0 Å². The SMILES string of the molecule is CCP(CC)COCP(CC)CC. The van der Waals surface area contributed by atoms with Gasteiger partial charge < -0.3 is 4.74 Å². The first-order valence-corrected chi connectivity index (χ1v) is 9.10. The van der Waals surface area contributed by atoms with Crippen LogP contribution in [0.3, 0.4) is 0 Å². The summed E-state index contributed by atoms with van der Waals surface area (Å²) in [5.74, 6) is 0. The second-order valence-electron chi connectivity index (χ2n) is 3.07. The average molecular weight is 222 g/mol. The lowest BCUT2D eigenvalue weighted by Crippen LogP contribution is -1.99. The molecule has 0 aliphatic heterocycles. The van der Waals surface area contributed by atoms with Gasteiger partial charge >= 0.3 is 0 Å². The van der Waals surface area contributed by atoms with Crippen LogP contribution < -0.4 is 0 Å². The Morgan fingerprint density at radius 1 is 0.692 bits per heavy atom. The summed E-state index contributed by atoms with van der Waals surface area (Å²) in [4.78, 5) is 0. The first-order chi connectivity index (χ1) is 6.28. The van der Waals surface area contributed by atoms with Crippen LogP contribution in [0.25, 0.3) is 0 Å². The number of ether oxygens (including phenoxy) is 1. The second-order valence-corrected chi connectivity index (χ2v) is 8.80. The molecule has 1 nitrogen and oxygen atoms in total. The van der Waals surface area contributed by atoms with Gasteiger partial charge in [-0.15, -0.1) is 0 Å². The number of rotatable bonds is 8. The van der Waals surface area contributed by atoms with Gasteiger partial charge in [0, 0.05) is 0 Å². The zero-order valence-corrected chi connectivity index (χ0v) is 11.3. The average Bonchev–Trinajstić information content (AvgIpc) is 2.19. The van der Waals surface area contributed by atoms with E-state index in [1.54, 1.807) is 0 Å². The Balaban J connectivity index is 3.41. The highest BCUT2D eigenvalue weighted by atomic mass is 31.1. The fraction of sp³-hybridized carbons (Fsp3) is 1.00. The van der Waals surface area contributed by atoms with Crippen molar-refractivity contribution in [1.82, 2.24) is 0 Å². The van der Waals surface area contributed by atoms with Crippen molar-refractivity contribution in [2.75, 3.05) is 37.3 Å². The van der Waals surface area contributed by atoms with Crippen molar-refractivity contribution < 1.29 is 4.74 Å². The molecule has 0 amide bonds. The van der Waals surface area contributed by atoms with Gasteiger partial charge in [0.2, 0.25) is 0 Å².